The van der Waals surface area contributed by atoms with E-state index < -0.39 is 0 Å². The Balaban J connectivity index is 1.24. The molecule has 0 unspecified atom stereocenters. The lowest BCUT2D eigenvalue weighted by Crippen LogP contribution is -2.17. The number of para-hydroxylation sites is 2. The average Bonchev–Trinajstić information content (AvgIpc) is 3.75. The Morgan fingerprint density at radius 3 is 1.70 bits per heavy atom. The maximum Gasteiger partial charge on any atom is 0.0561 e. The van der Waals surface area contributed by atoms with Crippen molar-refractivity contribution in [3.63, 3.8) is 0 Å². The van der Waals surface area contributed by atoms with Gasteiger partial charge in [0.25, 0.3) is 0 Å². The molecule has 54 heavy (non-hydrogen) atoms. The Labute approximate surface area is 316 Å². The third kappa shape index (κ3) is 4.17. The number of rotatable bonds is 4. The summed E-state index contributed by atoms with van der Waals surface area (Å²) in [5.41, 5.74) is 17.6. The minimum Gasteiger partial charge on any atom is -0.310 e. The molecule has 11 rings (SSSR count). The second-order valence-corrected chi connectivity index (χ2v) is 16.2. The number of anilines is 3. The SMILES string of the molecule is CC1(C)c2ccccc2-c2cc(N(c3cc(-n4c5ccccc5c5ccccc54)c4ccccc4c3)c3cccc4c3-c3ccccc3C4(C)C)ccc21. The second kappa shape index (κ2) is 11.1. The summed E-state index contributed by atoms with van der Waals surface area (Å²) in [6.07, 6.45) is 0. The van der Waals surface area contributed by atoms with Crippen molar-refractivity contribution in [2.75, 3.05) is 4.90 Å². The first-order chi connectivity index (χ1) is 26.3. The Hall–Kier alpha value is -6.38. The monoisotopic (exact) mass is 692 g/mol. The summed E-state index contributed by atoms with van der Waals surface area (Å²) >= 11 is 0. The van der Waals surface area contributed by atoms with Gasteiger partial charge in [-0.3, -0.25) is 0 Å². The largest absolute Gasteiger partial charge is 0.310 e. The highest BCUT2D eigenvalue weighted by Crippen LogP contribution is 2.56. The second-order valence-electron chi connectivity index (χ2n) is 16.2. The number of nitrogens with zero attached hydrogens (tertiary/aromatic N) is 2. The van der Waals surface area contributed by atoms with Gasteiger partial charge in [-0.15, -0.1) is 0 Å². The predicted octanol–water partition coefficient (Wildman–Crippen LogP) is 14.0. The summed E-state index contributed by atoms with van der Waals surface area (Å²) in [5, 5.41) is 4.96. The zero-order valence-electron chi connectivity index (χ0n) is 31.1. The van der Waals surface area contributed by atoms with Crippen LogP contribution in [0, 0.1) is 0 Å². The predicted molar refractivity (Wildman–Crippen MR) is 228 cm³/mol. The van der Waals surface area contributed by atoms with E-state index in [2.05, 4.69) is 207 Å². The van der Waals surface area contributed by atoms with Gasteiger partial charge in [0.1, 0.15) is 0 Å². The van der Waals surface area contributed by atoms with Gasteiger partial charge in [0.2, 0.25) is 0 Å². The van der Waals surface area contributed by atoms with Crippen LogP contribution in [-0.2, 0) is 10.8 Å². The van der Waals surface area contributed by atoms with Crippen molar-refractivity contribution in [1.29, 1.82) is 0 Å². The van der Waals surface area contributed by atoms with Crippen LogP contribution in [0.3, 0.4) is 0 Å². The third-order valence-electron chi connectivity index (χ3n) is 12.6. The molecule has 0 bridgehead atoms. The van der Waals surface area contributed by atoms with Crippen LogP contribution in [0.15, 0.2) is 170 Å². The molecule has 0 radical (unpaired) electrons. The van der Waals surface area contributed by atoms with Gasteiger partial charge in [0.15, 0.2) is 0 Å². The molecule has 2 nitrogen and oxygen atoms in total. The number of aromatic nitrogens is 1. The van der Waals surface area contributed by atoms with Gasteiger partial charge in [0, 0.05) is 43.9 Å². The van der Waals surface area contributed by atoms with Gasteiger partial charge >= 0.3 is 0 Å². The van der Waals surface area contributed by atoms with E-state index in [1.807, 2.05) is 0 Å². The van der Waals surface area contributed by atoms with E-state index in [4.69, 9.17) is 0 Å². The molecule has 0 atom stereocenters. The summed E-state index contributed by atoms with van der Waals surface area (Å²) in [7, 11) is 0. The first-order valence-corrected chi connectivity index (χ1v) is 19.1. The van der Waals surface area contributed by atoms with E-state index in [0.717, 1.165) is 11.4 Å². The van der Waals surface area contributed by atoms with E-state index in [1.165, 1.54) is 88.5 Å². The van der Waals surface area contributed by atoms with E-state index in [9.17, 15) is 0 Å². The van der Waals surface area contributed by atoms with Gasteiger partial charge in [0.05, 0.1) is 22.4 Å². The molecule has 0 saturated heterocycles. The lowest BCUT2D eigenvalue weighted by Gasteiger charge is -2.30. The average molecular weight is 693 g/mol. The van der Waals surface area contributed by atoms with Gasteiger partial charge < -0.3 is 9.47 Å². The van der Waals surface area contributed by atoms with Gasteiger partial charge in [-0.2, -0.15) is 0 Å². The van der Waals surface area contributed by atoms with E-state index >= 15 is 0 Å². The van der Waals surface area contributed by atoms with Gasteiger partial charge in [-0.25, -0.2) is 0 Å². The summed E-state index contributed by atoms with van der Waals surface area (Å²) in [5.74, 6) is 0. The van der Waals surface area contributed by atoms with Crippen LogP contribution >= 0.6 is 0 Å². The fraction of sp³-hybridized carbons (Fsp3) is 0.115. The quantitative estimate of drug-likeness (QED) is 0.178. The Kier molecular flexibility index (Phi) is 6.39. The highest BCUT2D eigenvalue weighted by Gasteiger charge is 2.39. The van der Waals surface area contributed by atoms with Crippen molar-refractivity contribution in [2.24, 2.45) is 0 Å². The van der Waals surface area contributed by atoms with Gasteiger partial charge in [-0.1, -0.05) is 155 Å². The topological polar surface area (TPSA) is 8.17 Å². The van der Waals surface area contributed by atoms with Crippen LogP contribution in [0.1, 0.15) is 49.9 Å². The molecule has 0 spiro atoms. The zero-order valence-corrected chi connectivity index (χ0v) is 31.1. The summed E-state index contributed by atoms with van der Waals surface area (Å²) in [6.45, 7) is 9.46. The number of hydrogen-bond acceptors (Lipinski definition) is 1. The number of benzene rings is 8. The number of fused-ring (bicyclic) bond motifs is 10. The van der Waals surface area contributed by atoms with Crippen molar-refractivity contribution < 1.29 is 0 Å². The van der Waals surface area contributed by atoms with E-state index in [1.54, 1.807) is 0 Å². The van der Waals surface area contributed by atoms with Crippen molar-refractivity contribution in [3.8, 4) is 27.9 Å². The van der Waals surface area contributed by atoms with Crippen molar-refractivity contribution in [1.82, 2.24) is 4.57 Å². The Morgan fingerprint density at radius 1 is 0.407 bits per heavy atom. The Bertz CT molecular complexity index is 2960. The molecular formula is C52H40N2. The van der Waals surface area contributed by atoms with Crippen LogP contribution in [0.2, 0.25) is 0 Å². The first-order valence-electron chi connectivity index (χ1n) is 19.1. The van der Waals surface area contributed by atoms with Crippen LogP contribution < -0.4 is 4.90 Å². The molecule has 8 aromatic carbocycles. The van der Waals surface area contributed by atoms with Crippen molar-refractivity contribution in [3.05, 3.63) is 192 Å². The fourth-order valence-corrected chi connectivity index (χ4v) is 9.97. The van der Waals surface area contributed by atoms with Crippen molar-refractivity contribution in [2.45, 2.75) is 38.5 Å². The molecule has 258 valence electrons. The summed E-state index contributed by atoms with van der Waals surface area (Å²) in [4.78, 5) is 2.54. The molecular weight excluding hydrogens is 653 g/mol. The molecule has 2 aliphatic rings. The molecule has 2 aliphatic carbocycles. The molecule has 1 heterocycles. The molecule has 0 aliphatic heterocycles. The smallest absolute Gasteiger partial charge is 0.0561 e. The normalized spacial score (nSPS) is 14.6. The fourth-order valence-electron chi connectivity index (χ4n) is 9.97. The maximum atomic E-state index is 2.54. The van der Waals surface area contributed by atoms with Gasteiger partial charge in [-0.05, 0) is 86.8 Å². The van der Waals surface area contributed by atoms with Crippen LogP contribution in [0.4, 0.5) is 17.1 Å². The Morgan fingerprint density at radius 2 is 0.963 bits per heavy atom. The van der Waals surface area contributed by atoms with Crippen LogP contribution in [-0.4, -0.2) is 4.57 Å². The summed E-state index contributed by atoms with van der Waals surface area (Å²) in [6, 6.07) is 63.4. The van der Waals surface area contributed by atoms with Crippen molar-refractivity contribution >= 4 is 49.6 Å². The highest BCUT2D eigenvalue weighted by atomic mass is 15.1. The maximum absolute atomic E-state index is 2.54. The summed E-state index contributed by atoms with van der Waals surface area (Å²) < 4.78 is 2.48. The minimum atomic E-state index is -0.119. The first kappa shape index (κ1) is 31.2. The molecule has 9 aromatic rings. The lowest BCUT2D eigenvalue weighted by atomic mass is 9.82. The molecule has 0 fully saturated rings. The standard InChI is InChI=1S/C52H40N2/c1-51(2)42-22-11-7-18-37(42)41-31-34(28-29-44(41)51)53(48-27-15-24-45-50(48)40-21-8-12-23-43(40)52(45,3)4)35-30-33-16-5-6-17-36(33)49(32-35)54-46-25-13-9-19-38(46)39-20-10-14-26-47(39)54/h5-32H,1-4H3. The van der Waals surface area contributed by atoms with Crippen LogP contribution in [0.5, 0.6) is 0 Å². The zero-order chi connectivity index (χ0) is 36.3. The molecule has 0 N–H and O–H groups in total. The number of hydrogen-bond donors (Lipinski definition) is 0. The van der Waals surface area contributed by atoms with E-state index in [0.29, 0.717) is 0 Å². The van der Waals surface area contributed by atoms with E-state index in [-0.39, 0.29) is 10.8 Å². The molecule has 1 aromatic heterocycles. The molecule has 0 saturated carbocycles. The minimum absolute atomic E-state index is 0.0705. The highest BCUT2D eigenvalue weighted by molar-refractivity contribution is 6.11. The van der Waals surface area contributed by atoms with Crippen LogP contribution in [0.25, 0.3) is 60.5 Å². The molecule has 2 heteroatoms. The third-order valence-corrected chi connectivity index (χ3v) is 12.6. The molecule has 0 amide bonds. The lowest BCUT2D eigenvalue weighted by molar-refractivity contribution is 0.660.